The number of rotatable bonds is 6. The molecule has 3 aromatic rings. The van der Waals surface area contributed by atoms with Gasteiger partial charge >= 0.3 is 0 Å². The molecule has 1 aromatic heterocycles. The Morgan fingerprint density at radius 1 is 1.00 bits per heavy atom. The minimum atomic E-state index is -0.180. The standard InChI is InChI=1S/C25H26N2O2S/c1-17-12-13-20-21(16-17)30-25(27-23(28)19-10-6-3-7-11-19)22(20)24(29)26-15-14-18-8-4-2-5-9-18/h2-11,17H,12-16H2,1H3,(H,26,29)(H,27,28). The Balaban J connectivity index is 1.54. The minimum absolute atomic E-state index is 0.0960. The fraction of sp³-hybridized carbons (Fsp3) is 0.280. The molecule has 0 saturated carbocycles. The van der Waals surface area contributed by atoms with E-state index < -0.39 is 0 Å². The lowest BCUT2D eigenvalue weighted by molar-refractivity contribution is 0.0954. The molecule has 0 fully saturated rings. The average Bonchev–Trinajstić information content (AvgIpc) is 3.11. The lowest BCUT2D eigenvalue weighted by atomic mass is 9.88. The van der Waals surface area contributed by atoms with Gasteiger partial charge in [-0.05, 0) is 54.9 Å². The second kappa shape index (κ2) is 9.26. The molecule has 1 unspecified atom stereocenters. The van der Waals surface area contributed by atoms with E-state index in [9.17, 15) is 9.59 Å². The first-order valence-electron chi connectivity index (χ1n) is 10.4. The van der Waals surface area contributed by atoms with Gasteiger partial charge in [0.2, 0.25) is 0 Å². The number of nitrogens with one attached hydrogen (secondary N) is 2. The summed E-state index contributed by atoms with van der Waals surface area (Å²) in [6.45, 7) is 2.81. The van der Waals surface area contributed by atoms with Crippen molar-refractivity contribution in [2.75, 3.05) is 11.9 Å². The number of thiophene rings is 1. The predicted molar refractivity (Wildman–Crippen MR) is 122 cm³/mol. The Morgan fingerprint density at radius 2 is 1.70 bits per heavy atom. The van der Waals surface area contributed by atoms with Gasteiger partial charge in [-0.25, -0.2) is 0 Å². The van der Waals surface area contributed by atoms with Gasteiger partial charge in [-0.2, -0.15) is 0 Å². The topological polar surface area (TPSA) is 58.2 Å². The Morgan fingerprint density at radius 3 is 2.43 bits per heavy atom. The van der Waals surface area contributed by atoms with Crippen LogP contribution in [0.25, 0.3) is 0 Å². The zero-order chi connectivity index (χ0) is 20.9. The lowest BCUT2D eigenvalue weighted by Crippen LogP contribution is -2.28. The summed E-state index contributed by atoms with van der Waals surface area (Å²) in [5, 5.41) is 6.74. The van der Waals surface area contributed by atoms with Crippen molar-refractivity contribution in [3.8, 4) is 0 Å². The first kappa shape index (κ1) is 20.4. The van der Waals surface area contributed by atoms with Crippen molar-refractivity contribution in [3.63, 3.8) is 0 Å². The maximum absolute atomic E-state index is 13.1. The SMILES string of the molecule is CC1CCc2c(sc(NC(=O)c3ccccc3)c2C(=O)NCCc2ccccc2)C1. The Labute approximate surface area is 181 Å². The van der Waals surface area contributed by atoms with Gasteiger partial charge in [0, 0.05) is 17.0 Å². The maximum atomic E-state index is 13.1. The number of hydrogen-bond acceptors (Lipinski definition) is 3. The zero-order valence-electron chi connectivity index (χ0n) is 17.1. The highest BCUT2D eigenvalue weighted by atomic mass is 32.1. The van der Waals surface area contributed by atoms with Crippen molar-refractivity contribution in [2.45, 2.75) is 32.6 Å². The molecule has 1 aliphatic rings. The van der Waals surface area contributed by atoms with Crippen LogP contribution in [0.2, 0.25) is 0 Å². The molecule has 0 spiro atoms. The first-order valence-corrected chi connectivity index (χ1v) is 11.3. The third-order valence-electron chi connectivity index (χ3n) is 5.54. The zero-order valence-corrected chi connectivity index (χ0v) is 17.9. The van der Waals surface area contributed by atoms with E-state index >= 15 is 0 Å². The largest absolute Gasteiger partial charge is 0.352 e. The fourth-order valence-corrected chi connectivity index (χ4v) is 5.30. The molecule has 30 heavy (non-hydrogen) atoms. The van der Waals surface area contributed by atoms with Crippen LogP contribution >= 0.6 is 11.3 Å². The van der Waals surface area contributed by atoms with Crippen LogP contribution in [0.3, 0.4) is 0 Å². The first-order chi connectivity index (χ1) is 14.6. The Kier molecular flexibility index (Phi) is 6.29. The minimum Gasteiger partial charge on any atom is -0.352 e. The van der Waals surface area contributed by atoms with Gasteiger partial charge in [0.1, 0.15) is 5.00 Å². The van der Waals surface area contributed by atoms with Crippen LogP contribution in [0.4, 0.5) is 5.00 Å². The summed E-state index contributed by atoms with van der Waals surface area (Å²) in [5.74, 6) is 0.324. The Bertz CT molecular complexity index is 1030. The molecule has 2 aromatic carbocycles. The molecular formula is C25H26N2O2S. The van der Waals surface area contributed by atoms with E-state index in [1.807, 2.05) is 36.4 Å². The van der Waals surface area contributed by atoms with Crippen LogP contribution in [-0.4, -0.2) is 18.4 Å². The van der Waals surface area contributed by atoms with E-state index in [2.05, 4.69) is 29.7 Å². The molecule has 0 saturated heterocycles. The third-order valence-corrected chi connectivity index (χ3v) is 6.71. The molecule has 1 aliphatic carbocycles. The highest BCUT2D eigenvalue weighted by Crippen LogP contribution is 2.39. The highest BCUT2D eigenvalue weighted by Gasteiger charge is 2.28. The summed E-state index contributed by atoms with van der Waals surface area (Å²) < 4.78 is 0. The second-order valence-electron chi connectivity index (χ2n) is 7.87. The molecule has 4 nitrogen and oxygen atoms in total. The van der Waals surface area contributed by atoms with E-state index in [0.29, 0.717) is 28.6 Å². The van der Waals surface area contributed by atoms with Gasteiger partial charge in [-0.3, -0.25) is 9.59 Å². The quantitative estimate of drug-likeness (QED) is 0.585. The average molecular weight is 419 g/mol. The van der Waals surface area contributed by atoms with Crippen LogP contribution in [-0.2, 0) is 19.3 Å². The highest BCUT2D eigenvalue weighted by molar-refractivity contribution is 7.17. The Hall–Kier alpha value is -2.92. The van der Waals surface area contributed by atoms with Crippen LogP contribution in [0.1, 0.15) is 50.1 Å². The van der Waals surface area contributed by atoms with Gasteiger partial charge in [-0.15, -0.1) is 11.3 Å². The monoisotopic (exact) mass is 418 g/mol. The number of anilines is 1. The van der Waals surface area contributed by atoms with Crippen LogP contribution in [0, 0.1) is 5.92 Å². The molecule has 2 N–H and O–H groups in total. The van der Waals surface area contributed by atoms with E-state index in [0.717, 1.165) is 31.2 Å². The molecule has 1 atom stereocenters. The molecule has 0 radical (unpaired) electrons. The molecule has 1 heterocycles. The van der Waals surface area contributed by atoms with Crippen molar-refractivity contribution >= 4 is 28.2 Å². The van der Waals surface area contributed by atoms with E-state index in [4.69, 9.17) is 0 Å². The molecular weight excluding hydrogens is 392 g/mol. The lowest BCUT2D eigenvalue weighted by Gasteiger charge is -2.18. The number of carbonyl (C=O) groups excluding carboxylic acids is 2. The maximum Gasteiger partial charge on any atom is 0.256 e. The van der Waals surface area contributed by atoms with Crippen LogP contribution in [0.15, 0.2) is 60.7 Å². The van der Waals surface area contributed by atoms with Gasteiger partial charge in [0.05, 0.1) is 5.56 Å². The van der Waals surface area contributed by atoms with Crippen molar-refractivity contribution in [1.82, 2.24) is 5.32 Å². The number of amides is 2. The van der Waals surface area contributed by atoms with Gasteiger partial charge in [0.25, 0.3) is 11.8 Å². The summed E-state index contributed by atoms with van der Waals surface area (Å²) in [6.07, 6.45) is 3.70. The number of hydrogen-bond donors (Lipinski definition) is 2. The second-order valence-corrected chi connectivity index (χ2v) is 8.97. The van der Waals surface area contributed by atoms with Crippen molar-refractivity contribution in [1.29, 1.82) is 0 Å². The molecule has 2 amide bonds. The van der Waals surface area contributed by atoms with Gasteiger partial charge in [0.15, 0.2) is 0 Å². The third kappa shape index (κ3) is 4.62. The molecule has 0 bridgehead atoms. The molecule has 0 aliphatic heterocycles. The summed E-state index contributed by atoms with van der Waals surface area (Å²) in [5.41, 5.74) is 3.54. The smallest absolute Gasteiger partial charge is 0.256 e. The van der Waals surface area contributed by atoms with Crippen molar-refractivity contribution in [3.05, 3.63) is 87.8 Å². The molecule has 154 valence electrons. The summed E-state index contributed by atoms with van der Waals surface area (Å²) in [6, 6.07) is 19.2. The number of carbonyl (C=O) groups is 2. The van der Waals surface area contributed by atoms with Crippen LogP contribution in [0.5, 0.6) is 0 Å². The van der Waals surface area contributed by atoms with Crippen molar-refractivity contribution < 1.29 is 9.59 Å². The molecule has 5 heteroatoms. The van der Waals surface area contributed by atoms with E-state index in [-0.39, 0.29) is 11.8 Å². The molecule has 4 rings (SSSR count). The fourth-order valence-electron chi connectivity index (χ4n) is 3.90. The van der Waals surface area contributed by atoms with Gasteiger partial charge < -0.3 is 10.6 Å². The van der Waals surface area contributed by atoms with Gasteiger partial charge in [-0.1, -0.05) is 55.5 Å². The summed E-state index contributed by atoms with van der Waals surface area (Å²) >= 11 is 1.55. The summed E-state index contributed by atoms with van der Waals surface area (Å²) in [4.78, 5) is 27.1. The predicted octanol–water partition coefficient (Wildman–Crippen LogP) is 5.10. The van der Waals surface area contributed by atoms with E-state index in [1.165, 1.54) is 10.4 Å². The normalized spacial score (nSPS) is 15.3. The summed E-state index contributed by atoms with van der Waals surface area (Å²) in [7, 11) is 0. The number of fused-ring (bicyclic) bond motifs is 1. The van der Waals surface area contributed by atoms with Crippen LogP contribution < -0.4 is 10.6 Å². The van der Waals surface area contributed by atoms with E-state index in [1.54, 1.807) is 23.5 Å². The number of benzene rings is 2. The van der Waals surface area contributed by atoms with Crippen molar-refractivity contribution in [2.24, 2.45) is 5.92 Å².